The summed E-state index contributed by atoms with van der Waals surface area (Å²) in [5.74, 6) is 1.02. The first-order valence-corrected chi connectivity index (χ1v) is 10.1. The quantitative estimate of drug-likeness (QED) is 0.550. The molecule has 0 radical (unpaired) electrons. The van der Waals surface area contributed by atoms with E-state index in [0.29, 0.717) is 22.3 Å². The van der Waals surface area contributed by atoms with E-state index in [1.807, 2.05) is 42.7 Å². The predicted octanol–water partition coefficient (Wildman–Crippen LogP) is 4.88. The van der Waals surface area contributed by atoms with Crippen LogP contribution in [0.15, 0.2) is 52.7 Å². The van der Waals surface area contributed by atoms with Crippen molar-refractivity contribution in [1.82, 2.24) is 4.98 Å². The lowest BCUT2D eigenvalue weighted by Crippen LogP contribution is -2.12. The Hall–Kier alpha value is -2.71. The van der Waals surface area contributed by atoms with Gasteiger partial charge in [-0.2, -0.15) is 0 Å². The number of hydrogen-bond acceptors (Lipinski definition) is 7. The van der Waals surface area contributed by atoms with Gasteiger partial charge in [-0.15, -0.1) is 23.1 Å². The number of rotatable bonds is 7. The zero-order chi connectivity index (χ0) is 19.2. The minimum absolute atomic E-state index is 0.247. The molecule has 0 fully saturated rings. The van der Waals surface area contributed by atoms with Crippen molar-refractivity contribution in [2.75, 3.05) is 31.1 Å². The summed E-state index contributed by atoms with van der Waals surface area (Å²) < 4.78 is 10.5. The Labute approximate surface area is 165 Å². The average Bonchev–Trinajstić information content (AvgIpc) is 3.17. The van der Waals surface area contributed by atoms with Gasteiger partial charge in [0, 0.05) is 27.7 Å². The molecule has 8 heteroatoms. The molecule has 0 aliphatic rings. The van der Waals surface area contributed by atoms with Crippen LogP contribution in [0.3, 0.4) is 0 Å². The number of aromatic nitrogens is 1. The Kier molecular flexibility index (Phi) is 6.20. The molecule has 0 bridgehead atoms. The van der Waals surface area contributed by atoms with Gasteiger partial charge in [0.2, 0.25) is 0 Å². The highest BCUT2D eigenvalue weighted by atomic mass is 32.2. The number of ether oxygens (including phenoxy) is 2. The molecule has 140 valence electrons. The van der Waals surface area contributed by atoms with E-state index in [0.717, 1.165) is 16.3 Å². The number of carbonyl (C=O) groups is 1. The maximum Gasteiger partial charge on any atom is 0.275 e. The molecular formula is C19H19N3O3S2. The number of amides is 1. The van der Waals surface area contributed by atoms with Gasteiger partial charge in [-0.25, -0.2) is 4.98 Å². The van der Waals surface area contributed by atoms with Gasteiger partial charge in [-0.05, 0) is 42.7 Å². The van der Waals surface area contributed by atoms with Crippen molar-refractivity contribution in [3.05, 3.63) is 53.5 Å². The molecule has 0 aliphatic carbocycles. The highest BCUT2D eigenvalue weighted by Crippen LogP contribution is 2.31. The number of benzene rings is 2. The van der Waals surface area contributed by atoms with Crippen LogP contribution >= 0.6 is 23.1 Å². The number of hydrogen-bond donors (Lipinski definition) is 2. The summed E-state index contributed by atoms with van der Waals surface area (Å²) in [6.07, 6.45) is 2.01. The molecule has 1 aromatic heterocycles. The highest BCUT2D eigenvalue weighted by Gasteiger charge is 2.12. The van der Waals surface area contributed by atoms with Crippen LogP contribution < -0.4 is 20.1 Å². The summed E-state index contributed by atoms with van der Waals surface area (Å²) in [4.78, 5) is 17.9. The van der Waals surface area contributed by atoms with E-state index in [9.17, 15) is 4.79 Å². The summed E-state index contributed by atoms with van der Waals surface area (Å²) in [5.41, 5.74) is 1.89. The first-order chi connectivity index (χ1) is 13.1. The number of carbonyl (C=O) groups excluding carboxylic acids is 1. The first kappa shape index (κ1) is 19.1. The standard InChI is InChI=1S/C19H19N3O3S2/c1-24-16-9-6-13(10-17(16)25-2)21-19-22-15(11-27-19)18(23)20-12-4-7-14(26-3)8-5-12/h4-11H,1-3H3,(H,20,23)(H,21,22). The lowest BCUT2D eigenvalue weighted by Gasteiger charge is -2.09. The SMILES string of the molecule is COc1ccc(Nc2nc(C(=O)Nc3ccc(SC)cc3)cs2)cc1OC. The zero-order valence-electron chi connectivity index (χ0n) is 15.1. The van der Waals surface area contributed by atoms with Crippen molar-refractivity contribution < 1.29 is 14.3 Å². The van der Waals surface area contributed by atoms with Gasteiger partial charge in [0.1, 0.15) is 5.69 Å². The fourth-order valence-electron chi connectivity index (χ4n) is 2.34. The van der Waals surface area contributed by atoms with Crippen LogP contribution in [-0.4, -0.2) is 31.4 Å². The third-order valence-corrected chi connectivity index (χ3v) is 5.22. The number of anilines is 3. The number of methoxy groups -OCH3 is 2. The van der Waals surface area contributed by atoms with E-state index in [1.54, 1.807) is 37.4 Å². The molecule has 27 heavy (non-hydrogen) atoms. The smallest absolute Gasteiger partial charge is 0.275 e. The molecule has 0 aliphatic heterocycles. The molecular weight excluding hydrogens is 382 g/mol. The van der Waals surface area contributed by atoms with Crippen molar-refractivity contribution in [3.63, 3.8) is 0 Å². The number of nitrogens with zero attached hydrogens (tertiary/aromatic N) is 1. The number of thiazole rings is 1. The topological polar surface area (TPSA) is 72.5 Å². The summed E-state index contributed by atoms with van der Waals surface area (Å²) in [5, 5.41) is 8.36. The van der Waals surface area contributed by atoms with Gasteiger partial charge >= 0.3 is 0 Å². The van der Waals surface area contributed by atoms with E-state index in [-0.39, 0.29) is 5.91 Å². The molecule has 0 saturated carbocycles. The van der Waals surface area contributed by atoms with Crippen LogP contribution in [-0.2, 0) is 0 Å². The Balaban J connectivity index is 1.67. The predicted molar refractivity (Wildman–Crippen MR) is 111 cm³/mol. The maximum atomic E-state index is 12.4. The highest BCUT2D eigenvalue weighted by molar-refractivity contribution is 7.98. The Morgan fingerprint density at radius 2 is 1.74 bits per heavy atom. The molecule has 2 N–H and O–H groups in total. The second kappa shape index (κ2) is 8.79. The van der Waals surface area contributed by atoms with E-state index >= 15 is 0 Å². The van der Waals surface area contributed by atoms with Gasteiger partial charge in [-0.1, -0.05) is 0 Å². The second-order valence-electron chi connectivity index (χ2n) is 5.42. The van der Waals surface area contributed by atoms with Crippen LogP contribution in [0.4, 0.5) is 16.5 Å². The monoisotopic (exact) mass is 401 g/mol. The molecule has 2 aromatic carbocycles. The first-order valence-electron chi connectivity index (χ1n) is 8.03. The summed E-state index contributed by atoms with van der Waals surface area (Å²) >= 11 is 3.01. The maximum absolute atomic E-state index is 12.4. The van der Waals surface area contributed by atoms with Crippen LogP contribution in [0, 0.1) is 0 Å². The van der Waals surface area contributed by atoms with Gasteiger partial charge in [0.25, 0.3) is 5.91 Å². The third kappa shape index (κ3) is 4.72. The molecule has 0 saturated heterocycles. The average molecular weight is 402 g/mol. The van der Waals surface area contributed by atoms with Gasteiger partial charge < -0.3 is 20.1 Å². The largest absolute Gasteiger partial charge is 0.493 e. The molecule has 0 spiro atoms. The van der Waals surface area contributed by atoms with Crippen molar-refractivity contribution in [2.24, 2.45) is 0 Å². The van der Waals surface area contributed by atoms with E-state index in [1.165, 1.54) is 11.3 Å². The summed E-state index contributed by atoms with van der Waals surface area (Å²) in [7, 11) is 3.17. The molecule has 3 aromatic rings. The van der Waals surface area contributed by atoms with Crippen LogP contribution in [0.1, 0.15) is 10.5 Å². The molecule has 0 atom stereocenters. The van der Waals surface area contributed by atoms with Gasteiger partial charge in [0.05, 0.1) is 14.2 Å². The van der Waals surface area contributed by atoms with Crippen LogP contribution in [0.2, 0.25) is 0 Å². The van der Waals surface area contributed by atoms with E-state index in [4.69, 9.17) is 9.47 Å². The fraction of sp³-hybridized carbons (Fsp3) is 0.158. The molecule has 1 heterocycles. The molecule has 1 amide bonds. The lowest BCUT2D eigenvalue weighted by molar-refractivity contribution is 0.102. The molecule has 0 unspecified atom stereocenters. The molecule has 6 nitrogen and oxygen atoms in total. The third-order valence-electron chi connectivity index (χ3n) is 3.72. The van der Waals surface area contributed by atoms with Crippen LogP contribution in [0.25, 0.3) is 0 Å². The Bertz CT molecular complexity index is 926. The summed E-state index contributed by atoms with van der Waals surface area (Å²) in [6, 6.07) is 13.2. The van der Waals surface area contributed by atoms with Gasteiger partial charge in [0.15, 0.2) is 16.6 Å². The van der Waals surface area contributed by atoms with Crippen molar-refractivity contribution >= 4 is 45.5 Å². The van der Waals surface area contributed by atoms with Crippen molar-refractivity contribution in [3.8, 4) is 11.5 Å². The minimum Gasteiger partial charge on any atom is -0.493 e. The van der Waals surface area contributed by atoms with E-state index < -0.39 is 0 Å². The lowest BCUT2D eigenvalue weighted by atomic mass is 10.3. The normalized spacial score (nSPS) is 10.3. The fourth-order valence-corrected chi connectivity index (χ4v) is 3.46. The van der Waals surface area contributed by atoms with Crippen molar-refractivity contribution in [2.45, 2.75) is 4.90 Å². The Morgan fingerprint density at radius 3 is 2.41 bits per heavy atom. The van der Waals surface area contributed by atoms with Crippen LogP contribution in [0.5, 0.6) is 11.5 Å². The Morgan fingerprint density at radius 1 is 1.04 bits per heavy atom. The molecule has 3 rings (SSSR count). The number of nitrogens with one attached hydrogen (secondary N) is 2. The summed E-state index contributed by atoms with van der Waals surface area (Å²) in [6.45, 7) is 0. The zero-order valence-corrected chi connectivity index (χ0v) is 16.7. The minimum atomic E-state index is -0.247. The van der Waals surface area contributed by atoms with Crippen molar-refractivity contribution in [1.29, 1.82) is 0 Å². The number of thioether (sulfide) groups is 1. The second-order valence-corrected chi connectivity index (χ2v) is 7.15. The van der Waals surface area contributed by atoms with E-state index in [2.05, 4.69) is 15.6 Å². The van der Waals surface area contributed by atoms with Gasteiger partial charge in [-0.3, -0.25) is 4.79 Å².